The van der Waals surface area contributed by atoms with Crippen molar-refractivity contribution in [3.05, 3.63) is 0 Å². The fraction of sp³-hybridized carbons (Fsp3) is 1.00. The molecule has 0 aromatic carbocycles. The highest BCUT2D eigenvalue weighted by atomic mass is 16.3. The monoisotopic (exact) mass is 300 g/mol. The minimum atomic E-state index is -0.190. The highest BCUT2D eigenvalue weighted by Gasteiger charge is 2.21. The van der Waals surface area contributed by atoms with E-state index in [4.69, 9.17) is 0 Å². The Morgan fingerprint density at radius 3 is 1.95 bits per heavy atom. The lowest BCUT2D eigenvalue weighted by Crippen LogP contribution is -2.21. The highest BCUT2D eigenvalue weighted by Crippen LogP contribution is 2.31. The van der Waals surface area contributed by atoms with Crippen LogP contribution in [0, 0.1) is 17.3 Å². The normalized spacial score (nSPS) is 17.0. The maximum Gasteiger partial charge on any atom is 0.0563 e. The molecule has 0 aliphatic rings. The predicted octanol–water partition coefficient (Wildman–Crippen LogP) is 5.17. The third-order valence-electron chi connectivity index (χ3n) is 4.97. The molecule has 0 aliphatic carbocycles. The van der Waals surface area contributed by atoms with Crippen molar-refractivity contribution in [2.24, 2.45) is 17.3 Å². The Bertz CT molecular complexity index is 248. The van der Waals surface area contributed by atoms with Gasteiger partial charge in [-0.05, 0) is 49.4 Å². The Balaban J connectivity index is 3.85. The second-order valence-electron chi connectivity index (χ2n) is 8.15. The largest absolute Gasteiger partial charge is 0.393 e. The molecule has 0 aromatic heterocycles. The lowest BCUT2D eigenvalue weighted by Gasteiger charge is -2.28. The van der Waals surface area contributed by atoms with Crippen LogP contribution in [0.1, 0.15) is 92.9 Å². The number of rotatable bonds is 12. The van der Waals surface area contributed by atoms with E-state index < -0.39 is 0 Å². The molecule has 0 amide bonds. The van der Waals surface area contributed by atoms with E-state index in [-0.39, 0.29) is 17.6 Å². The van der Waals surface area contributed by atoms with Gasteiger partial charge in [-0.25, -0.2) is 0 Å². The molecule has 2 heteroatoms. The van der Waals surface area contributed by atoms with Gasteiger partial charge < -0.3 is 10.2 Å². The van der Waals surface area contributed by atoms with E-state index >= 15 is 0 Å². The molecule has 0 aliphatic heterocycles. The van der Waals surface area contributed by atoms with Crippen LogP contribution in [-0.4, -0.2) is 22.4 Å². The molecule has 2 N–H and O–H groups in total. The summed E-state index contributed by atoms with van der Waals surface area (Å²) in [6.45, 7) is 13.2. The van der Waals surface area contributed by atoms with Crippen molar-refractivity contribution < 1.29 is 10.2 Å². The van der Waals surface area contributed by atoms with Gasteiger partial charge in [-0.15, -0.1) is 0 Å². The number of aliphatic hydroxyl groups excluding tert-OH is 2. The van der Waals surface area contributed by atoms with Crippen molar-refractivity contribution in [1.82, 2.24) is 0 Å². The molecular weight excluding hydrogens is 260 g/mol. The van der Waals surface area contributed by atoms with Crippen molar-refractivity contribution in [2.75, 3.05) is 0 Å². The summed E-state index contributed by atoms with van der Waals surface area (Å²) < 4.78 is 0. The smallest absolute Gasteiger partial charge is 0.0563 e. The van der Waals surface area contributed by atoms with Gasteiger partial charge >= 0.3 is 0 Å². The first-order chi connectivity index (χ1) is 9.68. The van der Waals surface area contributed by atoms with Crippen LogP contribution in [0.3, 0.4) is 0 Å². The van der Waals surface area contributed by atoms with Crippen LogP contribution >= 0.6 is 0 Å². The van der Waals surface area contributed by atoms with Gasteiger partial charge in [0.15, 0.2) is 0 Å². The van der Waals surface area contributed by atoms with E-state index in [1.807, 2.05) is 0 Å². The van der Waals surface area contributed by atoms with Crippen LogP contribution in [0.25, 0.3) is 0 Å². The summed E-state index contributed by atoms with van der Waals surface area (Å²) in [7, 11) is 0. The topological polar surface area (TPSA) is 40.5 Å². The summed E-state index contributed by atoms with van der Waals surface area (Å²) in [5.41, 5.74) is 0.216. The maximum absolute atomic E-state index is 10.1. The van der Waals surface area contributed by atoms with E-state index in [2.05, 4.69) is 41.5 Å². The molecule has 0 rings (SSSR count). The van der Waals surface area contributed by atoms with Gasteiger partial charge in [0.05, 0.1) is 12.2 Å². The third kappa shape index (κ3) is 11.2. The molecule has 128 valence electrons. The zero-order valence-electron chi connectivity index (χ0n) is 15.4. The van der Waals surface area contributed by atoms with Gasteiger partial charge in [0, 0.05) is 0 Å². The Morgan fingerprint density at radius 1 is 0.857 bits per heavy atom. The molecule has 3 atom stereocenters. The summed E-state index contributed by atoms with van der Waals surface area (Å²) in [5.74, 6) is 1.12. The van der Waals surface area contributed by atoms with Crippen LogP contribution in [-0.2, 0) is 0 Å². The molecule has 0 spiro atoms. The van der Waals surface area contributed by atoms with E-state index in [1.54, 1.807) is 0 Å². The average molecular weight is 301 g/mol. The van der Waals surface area contributed by atoms with Crippen LogP contribution < -0.4 is 0 Å². The fourth-order valence-electron chi connectivity index (χ4n) is 2.60. The van der Waals surface area contributed by atoms with Crippen molar-refractivity contribution in [3.63, 3.8) is 0 Å². The molecule has 0 saturated heterocycles. The second-order valence-corrected chi connectivity index (χ2v) is 8.15. The first-order valence-electron chi connectivity index (χ1n) is 9.04. The minimum Gasteiger partial charge on any atom is -0.393 e. The average Bonchev–Trinajstić information content (AvgIpc) is 2.42. The molecule has 0 saturated carbocycles. The van der Waals surface area contributed by atoms with Gasteiger partial charge in [0.25, 0.3) is 0 Å². The van der Waals surface area contributed by atoms with Crippen LogP contribution in [0.2, 0.25) is 0 Å². The van der Waals surface area contributed by atoms with E-state index in [0.29, 0.717) is 5.92 Å². The molecule has 21 heavy (non-hydrogen) atoms. The van der Waals surface area contributed by atoms with E-state index in [0.717, 1.165) is 44.4 Å². The number of hydrogen-bond donors (Lipinski definition) is 2. The van der Waals surface area contributed by atoms with Crippen molar-refractivity contribution in [1.29, 1.82) is 0 Å². The molecule has 0 aromatic rings. The molecule has 0 fully saturated rings. The first kappa shape index (κ1) is 20.9. The van der Waals surface area contributed by atoms with Crippen molar-refractivity contribution in [2.45, 2.75) is 105 Å². The zero-order valence-corrected chi connectivity index (χ0v) is 15.4. The van der Waals surface area contributed by atoms with Crippen molar-refractivity contribution in [3.8, 4) is 0 Å². The summed E-state index contributed by atoms with van der Waals surface area (Å²) in [4.78, 5) is 0. The Kier molecular flexibility index (Phi) is 10.6. The van der Waals surface area contributed by atoms with Gasteiger partial charge in [0.2, 0.25) is 0 Å². The lowest BCUT2D eigenvalue weighted by atomic mass is 9.80. The summed E-state index contributed by atoms with van der Waals surface area (Å²) in [5, 5.41) is 20.0. The fourth-order valence-corrected chi connectivity index (χ4v) is 2.60. The van der Waals surface area contributed by atoms with Gasteiger partial charge in [-0.1, -0.05) is 60.8 Å². The van der Waals surface area contributed by atoms with Crippen LogP contribution in [0.15, 0.2) is 0 Å². The Hall–Kier alpha value is -0.0800. The molecule has 2 unspecified atom stereocenters. The minimum absolute atomic E-state index is 0.150. The standard InChI is InChI=1S/C19H40O2/c1-7-16(4)9-8-10-17(20)11-13-19(5,6)14-12-18(21)15(2)3/h15-18,20-21H,7-14H2,1-6H3/t16-,17?,18?/m0/s1. The van der Waals surface area contributed by atoms with Crippen LogP contribution in [0.4, 0.5) is 0 Å². The number of aliphatic hydroxyl groups is 2. The third-order valence-corrected chi connectivity index (χ3v) is 4.97. The van der Waals surface area contributed by atoms with Gasteiger partial charge in [-0.3, -0.25) is 0 Å². The second kappa shape index (κ2) is 10.6. The quantitative estimate of drug-likeness (QED) is 0.522. The maximum atomic E-state index is 10.1. The molecule has 2 nitrogen and oxygen atoms in total. The van der Waals surface area contributed by atoms with E-state index in [9.17, 15) is 10.2 Å². The Morgan fingerprint density at radius 2 is 1.43 bits per heavy atom. The lowest BCUT2D eigenvalue weighted by molar-refractivity contribution is 0.0891. The summed E-state index contributed by atoms with van der Waals surface area (Å²) >= 11 is 0. The SMILES string of the molecule is CC[C@H](C)CCCC(O)CCC(C)(C)CCC(O)C(C)C. The first-order valence-corrected chi connectivity index (χ1v) is 9.04. The predicted molar refractivity (Wildman–Crippen MR) is 92.4 cm³/mol. The number of hydrogen-bond acceptors (Lipinski definition) is 2. The molecular formula is C19H40O2. The Labute approximate surface area is 133 Å². The van der Waals surface area contributed by atoms with Gasteiger partial charge in [-0.2, -0.15) is 0 Å². The summed E-state index contributed by atoms with van der Waals surface area (Å²) in [6.07, 6.45) is 8.05. The van der Waals surface area contributed by atoms with Crippen molar-refractivity contribution >= 4 is 0 Å². The molecule has 0 radical (unpaired) electrons. The molecule has 0 heterocycles. The van der Waals surface area contributed by atoms with Crippen LogP contribution in [0.5, 0.6) is 0 Å². The summed E-state index contributed by atoms with van der Waals surface area (Å²) in [6, 6.07) is 0. The highest BCUT2D eigenvalue weighted by molar-refractivity contribution is 4.74. The molecule has 0 bridgehead atoms. The zero-order chi connectivity index (χ0) is 16.5. The van der Waals surface area contributed by atoms with E-state index in [1.165, 1.54) is 12.8 Å². The van der Waals surface area contributed by atoms with Gasteiger partial charge in [0.1, 0.15) is 0 Å².